The summed E-state index contributed by atoms with van der Waals surface area (Å²) in [4.78, 5) is 12.8. The number of anilines is 1. The Morgan fingerprint density at radius 2 is 1.73 bits per heavy atom. The van der Waals surface area contributed by atoms with E-state index in [1.54, 1.807) is 41.1 Å². The number of nitrogens with one attached hydrogen (secondary N) is 1. The van der Waals surface area contributed by atoms with Crippen LogP contribution in [-0.4, -0.2) is 15.7 Å². The average Bonchev–Trinajstić information content (AvgIpc) is 3.15. The molecule has 0 atom stereocenters. The fraction of sp³-hybridized carbons (Fsp3) is 0.120. The molecular formula is C25H20Cl3N3O2. The van der Waals surface area contributed by atoms with E-state index in [2.05, 4.69) is 10.4 Å². The van der Waals surface area contributed by atoms with Crippen LogP contribution in [0.15, 0.2) is 72.8 Å². The van der Waals surface area contributed by atoms with Gasteiger partial charge in [-0.15, -0.1) is 0 Å². The first-order chi connectivity index (χ1) is 15.9. The van der Waals surface area contributed by atoms with Crippen molar-refractivity contribution < 1.29 is 9.53 Å². The summed E-state index contributed by atoms with van der Waals surface area (Å²) in [7, 11) is 0. The predicted molar refractivity (Wildman–Crippen MR) is 133 cm³/mol. The van der Waals surface area contributed by atoms with Crippen molar-refractivity contribution in [3.05, 3.63) is 110 Å². The quantitative estimate of drug-likeness (QED) is 0.296. The van der Waals surface area contributed by atoms with Crippen LogP contribution >= 0.6 is 34.8 Å². The van der Waals surface area contributed by atoms with Gasteiger partial charge < -0.3 is 10.1 Å². The lowest BCUT2D eigenvalue weighted by atomic mass is 10.1. The molecule has 0 aliphatic carbocycles. The van der Waals surface area contributed by atoms with Crippen molar-refractivity contribution in [2.24, 2.45) is 0 Å². The third kappa shape index (κ3) is 5.69. The lowest BCUT2D eigenvalue weighted by molar-refractivity contribution is 0.102. The van der Waals surface area contributed by atoms with Crippen molar-refractivity contribution in [2.45, 2.75) is 20.1 Å². The van der Waals surface area contributed by atoms with Gasteiger partial charge in [0.25, 0.3) is 5.91 Å². The van der Waals surface area contributed by atoms with Gasteiger partial charge in [0.2, 0.25) is 0 Å². The minimum atomic E-state index is -0.264. The number of rotatable bonds is 7. The molecule has 0 saturated heterocycles. The van der Waals surface area contributed by atoms with Gasteiger partial charge in [-0.05, 0) is 48.4 Å². The number of aromatic nitrogens is 2. The highest BCUT2D eigenvalue weighted by Crippen LogP contribution is 2.32. The number of hydrogen-bond donors (Lipinski definition) is 1. The molecule has 0 saturated carbocycles. The molecule has 33 heavy (non-hydrogen) atoms. The van der Waals surface area contributed by atoms with E-state index in [1.165, 1.54) is 0 Å². The van der Waals surface area contributed by atoms with Gasteiger partial charge in [0.1, 0.15) is 17.4 Å². The van der Waals surface area contributed by atoms with Gasteiger partial charge in [0, 0.05) is 22.3 Å². The molecule has 5 nitrogen and oxygen atoms in total. The van der Waals surface area contributed by atoms with Gasteiger partial charge in [-0.25, -0.2) is 0 Å². The maximum atomic E-state index is 12.8. The zero-order valence-corrected chi connectivity index (χ0v) is 20.0. The first-order valence-corrected chi connectivity index (χ1v) is 11.3. The summed E-state index contributed by atoms with van der Waals surface area (Å²) in [6, 6.07) is 21.8. The van der Waals surface area contributed by atoms with E-state index >= 15 is 0 Å². The first-order valence-electron chi connectivity index (χ1n) is 10.2. The van der Waals surface area contributed by atoms with Crippen LogP contribution in [0.4, 0.5) is 5.82 Å². The Kier molecular flexibility index (Phi) is 7.23. The van der Waals surface area contributed by atoms with Crippen LogP contribution in [-0.2, 0) is 13.2 Å². The van der Waals surface area contributed by atoms with Crippen LogP contribution < -0.4 is 10.1 Å². The summed E-state index contributed by atoms with van der Waals surface area (Å²) in [5, 5.41) is 8.81. The topological polar surface area (TPSA) is 56.1 Å². The summed E-state index contributed by atoms with van der Waals surface area (Å²) >= 11 is 18.5. The predicted octanol–water partition coefficient (Wildman–Crippen LogP) is 7.03. The summed E-state index contributed by atoms with van der Waals surface area (Å²) in [6.07, 6.45) is 0. The Bertz CT molecular complexity index is 1300. The van der Waals surface area contributed by atoms with Crippen molar-refractivity contribution in [3.63, 3.8) is 0 Å². The molecule has 0 aliphatic rings. The van der Waals surface area contributed by atoms with Crippen molar-refractivity contribution in [2.75, 3.05) is 5.32 Å². The van der Waals surface area contributed by atoms with E-state index in [0.29, 0.717) is 38.7 Å². The van der Waals surface area contributed by atoms with Gasteiger partial charge in [-0.1, -0.05) is 71.2 Å². The fourth-order valence-electron chi connectivity index (χ4n) is 3.27. The Balaban J connectivity index is 1.43. The van der Waals surface area contributed by atoms with Gasteiger partial charge in [-0.3, -0.25) is 9.48 Å². The lowest BCUT2D eigenvalue weighted by Crippen LogP contribution is -2.13. The van der Waals surface area contributed by atoms with Crippen molar-refractivity contribution in [3.8, 4) is 5.75 Å². The molecule has 0 aliphatic heterocycles. The number of benzene rings is 3. The average molecular weight is 501 g/mol. The Hall–Kier alpha value is -2.99. The number of amides is 1. The van der Waals surface area contributed by atoms with Crippen LogP contribution in [0.2, 0.25) is 15.1 Å². The zero-order chi connectivity index (χ0) is 23.4. The molecule has 0 unspecified atom stereocenters. The van der Waals surface area contributed by atoms with Crippen LogP contribution in [0.25, 0.3) is 0 Å². The molecule has 1 amide bonds. The SMILES string of the molecule is Cc1cc(NC(=O)c2cccc(COc3cccc(Cl)c3Cl)c2)nn1Cc1ccccc1Cl. The highest BCUT2D eigenvalue weighted by molar-refractivity contribution is 6.42. The van der Waals surface area contributed by atoms with Crippen LogP contribution in [0, 0.1) is 6.92 Å². The summed E-state index contributed by atoms with van der Waals surface area (Å²) in [6.45, 7) is 2.69. The second-order valence-electron chi connectivity index (χ2n) is 7.42. The Morgan fingerprint density at radius 3 is 2.55 bits per heavy atom. The molecule has 8 heteroatoms. The molecule has 0 bridgehead atoms. The maximum Gasteiger partial charge on any atom is 0.256 e. The van der Waals surface area contributed by atoms with E-state index in [-0.39, 0.29) is 12.5 Å². The fourth-order valence-corrected chi connectivity index (χ4v) is 3.81. The van der Waals surface area contributed by atoms with Crippen molar-refractivity contribution in [1.29, 1.82) is 0 Å². The standard InChI is InChI=1S/C25H20Cl3N3O2/c1-16-12-23(30-31(16)14-19-7-2-3-9-20(19)26)29-25(32)18-8-4-6-17(13-18)15-33-22-11-5-10-21(27)24(22)28/h2-13H,14-15H2,1H3,(H,29,30,32). The minimum Gasteiger partial charge on any atom is -0.487 e. The second-order valence-corrected chi connectivity index (χ2v) is 8.61. The number of ether oxygens (including phenoxy) is 1. The van der Waals surface area contributed by atoms with Crippen molar-refractivity contribution >= 4 is 46.5 Å². The third-order valence-corrected chi connectivity index (χ3v) is 6.17. The smallest absolute Gasteiger partial charge is 0.256 e. The van der Waals surface area contributed by atoms with E-state index in [1.807, 2.05) is 43.3 Å². The molecule has 0 fully saturated rings. The summed E-state index contributed by atoms with van der Waals surface area (Å²) in [5.41, 5.74) is 3.17. The normalized spacial score (nSPS) is 10.8. The molecule has 4 aromatic rings. The maximum absolute atomic E-state index is 12.8. The van der Waals surface area contributed by atoms with Crippen LogP contribution in [0.5, 0.6) is 5.75 Å². The van der Waals surface area contributed by atoms with Gasteiger partial charge in [-0.2, -0.15) is 5.10 Å². The molecule has 1 N–H and O–H groups in total. The molecule has 3 aromatic carbocycles. The van der Waals surface area contributed by atoms with E-state index in [0.717, 1.165) is 16.8 Å². The minimum absolute atomic E-state index is 0.243. The van der Waals surface area contributed by atoms with E-state index in [9.17, 15) is 4.79 Å². The summed E-state index contributed by atoms with van der Waals surface area (Å²) in [5.74, 6) is 0.690. The number of carbonyl (C=O) groups excluding carboxylic acids is 1. The van der Waals surface area contributed by atoms with Gasteiger partial charge in [0.05, 0.1) is 11.6 Å². The molecular weight excluding hydrogens is 481 g/mol. The molecule has 168 valence electrons. The monoisotopic (exact) mass is 499 g/mol. The number of hydrogen-bond acceptors (Lipinski definition) is 3. The number of nitrogens with zero attached hydrogens (tertiary/aromatic N) is 2. The first kappa shape index (κ1) is 23.2. The van der Waals surface area contributed by atoms with Crippen LogP contribution in [0.3, 0.4) is 0 Å². The molecule has 1 heterocycles. The lowest BCUT2D eigenvalue weighted by Gasteiger charge is -2.10. The van der Waals surface area contributed by atoms with E-state index in [4.69, 9.17) is 39.5 Å². The van der Waals surface area contributed by atoms with Crippen LogP contribution in [0.1, 0.15) is 27.2 Å². The number of halogens is 3. The number of aryl methyl sites for hydroxylation is 1. The van der Waals surface area contributed by atoms with Gasteiger partial charge in [0.15, 0.2) is 5.82 Å². The van der Waals surface area contributed by atoms with Gasteiger partial charge >= 0.3 is 0 Å². The molecule has 0 spiro atoms. The highest BCUT2D eigenvalue weighted by Gasteiger charge is 2.12. The largest absolute Gasteiger partial charge is 0.487 e. The summed E-state index contributed by atoms with van der Waals surface area (Å²) < 4.78 is 7.57. The Labute approximate surface area is 206 Å². The zero-order valence-electron chi connectivity index (χ0n) is 17.7. The van der Waals surface area contributed by atoms with Crippen molar-refractivity contribution in [1.82, 2.24) is 9.78 Å². The second kappa shape index (κ2) is 10.3. The molecule has 4 rings (SSSR count). The third-order valence-electron chi connectivity index (χ3n) is 5.00. The Morgan fingerprint density at radius 1 is 0.970 bits per heavy atom. The number of carbonyl (C=O) groups is 1. The highest BCUT2D eigenvalue weighted by atomic mass is 35.5. The molecule has 0 radical (unpaired) electrons. The molecule has 1 aromatic heterocycles. The van der Waals surface area contributed by atoms with E-state index < -0.39 is 0 Å².